The molecule has 120 valence electrons. The van der Waals surface area contributed by atoms with Crippen molar-refractivity contribution in [3.63, 3.8) is 0 Å². The van der Waals surface area contributed by atoms with Gasteiger partial charge >= 0.3 is 6.18 Å². The molecule has 8 heteroatoms. The van der Waals surface area contributed by atoms with Gasteiger partial charge in [0.2, 0.25) is 5.95 Å². The Labute approximate surface area is 122 Å². The van der Waals surface area contributed by atoms with E-state index in [1.165, 1.54) is 0 Å². The predicted octanol–water partition coefficient (Wildman–Crippen LogP) is 3.01. The van der Waals surface area contributed by atoms with Gasteiger partial charge in [0.15, 0.2) is 5.69 Å². The van der Waals surface area contributed by atoms with Crippen molar-refractivity contribution < 1.29 is 17.9 Å². The van der Waals surface area contributed by atoms with Crippen LogP contribution in [0.25, 0.3) is 0 Å². The van der Waals surface area contributed by atoms with E-state index in [4.69, 9.17) is 4.74 Å². The first-order valence-electron chi connectivity index (χ1n) is 6.73. The van der Waals surface area contributed by atoms with Gasteiger partial charge in [0.05, 0.1) is 12.6 Å². The third-order valence-corrected chi connectivity index (χ3v) is 2.84. The van der Waals surface area contributed by atoms with Crippen LogP contribution in [0.1, 0.15) is 26.5 Å². The Hall–Kier alpha value is -1.57. The van der Waals surface area contributed by atoms with E-state index in [-0.39, 0.29) is 23.7 Å². The Balaban J connectivity index is 3.07. The standard InChI is InChI=1S/C13H21F3N4O/c1-5-17-12-19-10(13(14,15)16)6-11(20-12)18-9(7-21-4)8(2)3/h6,8-9H,5,7H2,1-4H3,(H2,17,18,19,20). The second-order valence-corrected chi connectivity index (χ2v) is 4.94. The highest BCUT2D eigenvalue weighted by Gasteiger charge is 2.34. The maximum Gasteiger partial charge on any atom is 0.433 e. The lowest BCUT2D eigenvalue weighted by Crippen LogP contribution is -2.31. The predicted molar refractivity (Wildman–Crippen MR) is 75.3 cm³/mol. The number of halogens is 3. The molecular weight excluding hydrogens is 285 g/mol. The number of hydrogen-bond acceptors (Lipinski definition) is 5. The molecule has 1 atom stereocenters. The van der Waals surface area contributed by atoms with Gasteiger partial charge in [0.25, 0.3) is 0 Å². The summed E-state index contributed by atoms with van der Waals surface area (Å²) in [4.78, 5) is 7.53. The largest absolute Gasteiger partial charge is 0.433 e. The normalized spacial score (nSPS) is 13.3. The van der Waals surface area contributed by atoms with Crippen LogP contribution in [0.2, 0.25) is 0 Å². The second kappa shape index (κ2) is 7.44. The van der Waals surface area contributed by atoms with Gasteiger partial charge in [-0.2, -0.15) is 18.2 Å². The Bertz CT molecular complexity index is 452. The zero-order valence-corrected chi connectivity index (χ0v) is 12.6. The molecule has 0 amide bonds. The number of anilines is 2. The van der Waals surface area contributed by atoms with Crippen molar-refractivity contribution in [1.82, 2.24) is 9.97 Å². The van der Waals surface area contributed by atoms with Gasteiger partial charge in [-0.25, -0.2) is 4.98 Å². The number of nitrogens with zero attached hydrogens (tertiary/aromatic N) is 2. The zero-order chi connectivity index (χ0) is 16.0. The minimum Gasteiger partial charge on any atom is -0.383 e. The number of ether oxygens (including phenoxy) is 1. The van der Waals surface area contributed by atoms with Gasteiger partial charge in [-0.1, -0.05) is 13.8 Å². The molecule has 1 rings (SSSR count). The van der Waals surface area contributed by atoms with Crippen LogP contribution in [-0.2, 0) is 10.9 Å². The maximum absolute atomic E-state index is 12.9. The molecule has 0 saturated carbocycles. The summed E-state index contributed by atoms with van der Waals surface area (Å²) in [5.74, 6) is 0.260. The smallest absolute Gasteiger partial charge is 0.383 e. The monoisotopic (exact) mass is 306 g/mol. The summed E-state index contributed by atoms with van der Waals surface area (Å²) in [7, 11) is 1.54. The third kappa shape index (κ3) is 5.37. The van der Waals surface area contributed by atoms with Crippen molar-refractivity contribution in [2.75, 3.05) is 30.9 Å². The van der Waals surface area contributed by atoms with Crippen molar-refractivity contribution in [2.24, 2.45) is 5.92 Å². The number of rotatable bonds is 7. The number of hydrogen-bond donors (Lipinski definition) is 2. The van der Waals surface area contributed by atoms with E-state index in [0.29, 0.717) is 13.2 Å². The summed E-state index contributed by atoms with van der Waals surface area (Å²) in [6.07, 6.45) is -4.52. The average molecular weight is 306 g/mol. The summed E-state index contributed by atoms with van der Waals surface area (Å²) < 4.78 is 43.7. The van der Waals surface area contributed by atoms with Crippen LogP contribution in [0.4, 0.5) is 24.9 Å². The molecular formula is C13H21F3N4O. The zero-order valence-electron chi connectivity index (χ0n) is 12.6. The van der Waals surface area contributed by atoms with Crippen molar-refractivity contribution in [2.45, 2.75) is 33.0 Å². The molecule has 0 radical (unpaired) electrons. The van der Waals surface area contributed by atoms with E-state index in [2.05, 4.69) is 20.6 Å². The molecule has 2 N–H and O–H groups in total. The third-order valence-electron chi connectivity index (χ3n) is 2.84. The molecule has 0 bridgehead atoms. The maximum atomic E-state index is 12.9. The van der Waals surface area contributed by atoms with Crippen molar-refractivity contribution in [3.05, 3.63) is 11.8 Å². The molecule has 0 aliphatic heterocycles. The number of alkyl halides is 3. The number of aromatic nitrogens is 2. The van der Waals surface area contributed by atoms with Gasteiger partial charge in [0, 0.05) is 19.7 Å². The van der Waals surface area contributed by atoms with E-state index in [0.717, 1.165) is 6.07 Å². The summed E-state index contributed by atoms with van der Waals surface area (Å²) in [6.45, 7) is 6.48. The highest BCUT2D eigenvalue weighted by Crippen LogP contribution is 2.30. The van der Waals surface area contributed by atoms with Gasteiger partial charge < -0.3 is 15.4 Å². The summed E-state index contributed by atoms with van der Waals surface area (Å²) in [5, 5.41) is 5.68. The molecule has 21 heavy (non-hydrogen) atoms. The highest BCUT2D eigenvalue weighted by molar-refractivity contribution is 5.44. The molecule has 1 unspecified atom stereocenters. The first-order chi connectivity index (χ1) is 9.77. The lowest BCUT2D eigenvalue weighted by molar-refractivity contribution is -0.141. The molecule has 0 aromatic carbocycles. The van der Waals surface area contributed by atoms with Crippen molar-refractivity contribution >= 4 is 11.8 Å². The second-order valence-electron chi connectivity index (χ2n) is 4.94. The molecule has 0 spiro atoms. The summed E-state index contributed by atoms with van der Waals surface area (Å²) in [5.41, 5.74) is -0.976. The Morgan fingerprint density at radius 1 is 1.29 bits per heavy atom. The van der Waals surface area contributed by atoms with E-state index in [1.54, 1.807) is 14.0 Å². The van der Waals surface area contributed by atoms with Crippen molar-refractivity contribution in [1.29, 1.82) is 0 Å². The Kier molecular flexibility index (Phi) is 6.19. The van der Waals surface area contributed by atoms with Crippen LogP contribution in [0, 0.1) is 5.92 Å². The minimum absolute atomic E-state index is 0.0465. The SMILES string of the molecule is CCNc1nc(NC(COC)C(C)C)cc(C(F)(F)F)n1. The molecule has 0 aliphatic rings. The molecule has 0 saturated heterocycles. The van der Waals surface area contributed by atoms with E-state index < -0.39 is 11.9 Å². The van der Waals surface area contributed by atoms with E-state index >= 15 is 0 Å². The quantitative estimate of drug-likeness (QED) is 0.811. The van der Waals surface area contributed by atoms with Crippen molar-refractivity contribution in [3.8, 4) is 0 Å². The molecule has 0 fully saturated rings. The molecule has 5 nitrogen and oxygen atoms in total. The molecule has 1 aromatic rings. The molecule has 1 aromatic heterocycles. The topological polar surface area (TPSA) is 59.1 Å². The van der Waals surface area contributed by atoms with Gasteiger partial charge in [0.1, 0.15) is 5.82 Å². The average Bonchev–Trinajstić information content (AvgIpc) is 2.37. The summed E-state index contributed by atoms with van der Waals surface area (Å²) >= 11 is 0. The Morgan fingerprint density at radius 2 is 1.95 bits per heavy atom. The Morgan fingerprint density at radius 3 is 2.43 bits per heavy atom. The van der Waals surface area contributed by atoms with Crippen LogP contribution >= 0.6 is 0 Å². The number of nitrogens with one attached hydrogen (secondary N) is 2. The van der Waals surface area contributed by atoms with E-state index in [9.17, 15) is 13.2 Å². The molecule has 0 aliphatic carbocycles. The number of methoxy groups -OCH3 is 1. The minimum atomic E-state index is -4.52. The fourth-order valence-electron chi connectivity index (χ4n) is 1.67. The molecule has 1 heterocycles. The van der Waals surface area contributed by atoms with Crippen LogP contribution < -0.4 is 10.6 Å². The van der Waals surface area contributed by atoms with Crippen LogP contribution in [0.15, 0.2) is 6.07 Å². The first kappa shape index (κ1) is 17.5. The van der Waals surface area contributed by atoms with Crippen LogP contribution in [0.3, 0.4) is 0 Å². The fraction of sp³-hybridized carbons (Fsp3) is 0.692. The van der Waals surface area contributed by atoms with E-state index in [1.807, 2.05) is 13.8 Å². The first-order valence-corrected chi connectivity index (χ1v) is 6.73. The fourth-order valence-corrected chi connectivity index (χ4v) is 1.67. The summed E-state index contributed by atoms with van der Waals surface area (Å²) in [6, 6.07) is 0.770. The van der Waals surface area contributed by atoms with Crippen LogP contribution in [0.5, 0.6) is 0 Å². The lowest BCUT2D eigenvalue weighted by atomic mass is 10.1. The van der Waals surface area contributed by atoms with Gasteiger partial charge in [-0.3, -0.25) is 0 Å². The van der Waals surface area contributed by atoms with Gasteiger partial charge in [-0.05, 0) is 12.8 Å². The highest BCUT2D eigenvalue weighted by atomic mass is 19.4. The van der Waals surface area contributed by atoms with Gasteiger partial charge in [-0.15, -0.1) is 0 Å². The lowest BCUT2D eigenvalue weighted by Gasteiger charge is -2.22. The van der Waals surface area contributed by atoms with Crippen LogP contribution in [-0.4, -0.2) is 36.3 Å².